The molecule has 28 heavy (non-hydrogen) atoms. The van der Waals surface area contributed by atoms with Crippen LogP contribution in [0.15, 0.2) is 42.6 Å². The lowest BCUT2D eigenvalue weighted by atomic mass is 10.1. The topological polar surface area (TPSA) is 60.2 Å². The van der Waals surface area contributed by atoms with Gasteiger partial charge in [-0.3, -0.25) is 4.79 Å². The summed E-state index contributed by atoms with van der Waals surface area (Å²) in [6.45, 7) is 4.48. The Kier molecular flexibility index (Phi) is 5.28. The molecule has 0 unspecified atom stereocenters. The maximum absolute atomic E-state index is 12.7. The Bertz CT molecular complexity index is 982. The monoisotopic (exact) mass is 378 g/mol. The van der Waals surface area contributed by atoms with Gasteiger partial charge < -0.3 is 14.2 Å². The summed E-state index contributed by atoms with van der Waals surface area (Å²) in [5.74, 6) is 2.37. The zero-order chi connectivity index (χ0) is 19.5. The lowest BCUT2D eigenvalue weighted by molar-refractivity contribution is -0.130. The van der Waals surface area contributed by atoms with Crippen molar-refractivity contribution in [3.05, 3.63) is 54.0 Å². The third-order valence-corrected chi connectivity index (χ3v) is 5.52. The summed E-state index contributed by atoms with van der Waals surface area (Å²) in [6, 6.07) is 11.8. The fourth-order valence-corrected chi connectivity index (χ4v) is 4.03. The van der Waals surface area contributed by atoms with Gasteiger partial charge in [-0.1, -0.05) is 12.1 Å². The molecule has 1 fully saturated rings. The van der Waals surface area contributed by atoms with Crippen molar-refractivity contribution in [1.29, 1.82) is 0 Å². The van der Waals surface area contributed by atoms with Gasteiger partial charge in [-0.05, 0) is 49.6 Å². The second-order valence-corrected chi connectivity index (χ2v) is 7.24. The van der Waals surface area contributed by atoms with Gasteiger partial charge in [-0.15, -0.1) is 0 Å². The molecule has 1 saturated heterocycles. The van der Waals surface area contributed by atoms with Gasteiger partial charge in [-0.25, -0.2) is 9.97 Å². The Morgan fingerprint density at radius 3 is 3.00 bits per heavy atom. The number of carbonyl (C=O) groups is 1. The van der Waals surface area contributed by atoms with Crippen molar-refractivity contribution in [3.63, 3.8) is 0 Å². The Morgan fingerprint density at radius 2 is 2.18 bits per heavy atom. The highest BCUT2D eigenvalue weighted by atomic mass is 16.5. The summed E-state index contributed by atoms with van der Waals surface area (Å²) in [5, 5.41) is 0. The number of imidazole rings is 1. The van der Waals surface area contributed by atoms with Gasteiger partial charge in [0.25, 0.3) is 0 Å². The molecule has 0 radical (unpaired) electrons. The summed E-state index contributed by atoms with van der Waals surface area (Å²) in [7, 11) is 1.66. The van der Waals surface area contributed by atoms with E-state index in [2.05, 4.69) is 16.5 Å². The predicted molar refractivity (Wildman–Crippen MR) is 108 cm³/mol. The minimum Gasteiger partial charge on any atom is -0.497 e. The SMILES string of the molecule is CCn1c([C@@H]2CCN(C(=O)CCc3cccc(OC)c3)C2)nc2cccnc21. The molecule has 1 amide bonds. The number of nitrogens with zero attached hydrogens (tertiary/aromatic N) is 4. The van der Waals surface area contributed by atoms with Crippen LogP contribution >= 0.6 is 0 Å². The third kappa shape index (κ3) is 3.59. The van der Waals surface area contributed by atoms with Gasteiger partial charge in [0.2, 0.25) is 5.91 Å². The number of likely N-dealkylation sites (tertiary alicyclic amines) is 1. The number of ether oxygens (including phenoxy) is 1. The molecule has 1 aromatic carbocycles. The highest BCUT2D eigenvalue weighted by Crippen LogP contribution is 2.29. The van der Waals surface area contributed by atoms with Crippen LogP contribution in [0.4, 0.5) is 0 Å². The third-order valence-electron chi connectivity index (χ3n) is 5.52. The van der Waals surface area contributed by atoms with E-state index in [0.717, 1.165) is 60.8 Å². The fourth-order valence-electron chi connectivity index (χ4n) is 4.03. The first-order valence-corrected chi connectivity index (χ1v) is 9.91. The van der Waals surface area contributed by atoms with Crippen molar-refractivity contribution < 1.29 is 9.53 Å². The molecule has 6 heteroatoms. The van der Waals surface area contributed by atoms with Crippen LogP contribution in [0.1, 0.15) is 37.1 Å². The van der Waals surface area contributed by atoms with E-state index in [1.807, 2.05) is 47.5 Å². The number of amides is 1. The van der Waals surface area contributed by atoms with Gasteiger partial charge in [0.05, 0.1) is 7.11 Å². The van der Waals surface area contributed by atoms with E-state index in [0.29, 0.717) is 6.42 Å². The van der Waals surface area contributed by atoms with Gasteiger partial charge in [-0.2, -0.15) is 0 Å². The number of methoxy groups -OCH3 is 1. The molecule has 0 bridgehead atoms. The number of hydrogen-bond donors (Lipinski definition) is 0. The molecule has 3 aromatic rings. The van der Waals surface area contributed by atoms with E-state index in [1.165, 1.54) is 0 Å². The minimum absolute atomic E-state index is 0.211. The molecule has 0 saturated carbocycles. The van der Waals surface area contributed by atoms with Crippen LogP contribution in [-0.2, 0) is 17.8 Å². The number of hydrogen-bond acceptors (Lipinski definition) is 4. The van der Waals surface area contributed by atoms with Crippen LogP contribution in [0.3, 0.4) is 0 Å². The molecule has 146 valence electrons. The molecule has 4 rings (SSSR count). The Labute approximate surface area is 165 Å². The second kappa shape index (κ2) is 8.00. The van der Waals surface area contributed by atoms with Crippen LogP contribution in [-0.4, -0.2) is 45.5 Å². The first-order chi connectivity index (χ1) is 13.7. The van der Waals surface area contributed by atoms with E-state index in [-0.39, 0.29) is 11.8 Å². The van der Waals surface area contributed by atoms with Crippen LogP contribution in [0.2, 0.25) is 0 Å². The van der Waals surface area contributed by atoms with Crippen LogP contribution in [0.25, 0.3) is 11.2 Å². The normalized spacial score (nSPS) is 16.6. The standard InChI is InChI=1S/C22H26N4O2/c1-3-26-21(24-19-8-5-12-23-22(19)26)17-11-13-25(15-17)20(27)10-9-16-6-4-7-18(14-16)28-2/h4-8,12,14,17H,3,9-11,13,15H2,1-2H3/t17-/m1/s1. The van der Waals surface area contributed by atoms with E-state index in [1.54, 1.807) is 7.11 Å². The first-order valence-electron chi connectivity index (χ1n) is 9.91. The Hall–Kier alpha value is -2.89. The number of aromatic nitrogens is 3. The zero-order valence-electron chi connectivity index (χ0n) is 16.5. The molecule has 2 aromatic heterocycles. The number of fused-ring (bicyclic) bond motifs is 1. The first kappa shape index (κ1) is 18.5. The molecular formula is C22H26N4O2. The summed E-state index contributed by atoms with van der Waals surface area (Å²) in [5.41, 5.74) is 2.99. The predicted octanol–water partition coefficient (Wildman–Crippen LogP) is 3.41. The number of benzene rings is 1. The summed E-state index contributed by atoms with van der Waals surface area (Å²) in [6.07, 6.45) is 4.01. The highest BCUT2D eigenvalue weighted by Gasteiger charge is 2.30. The van der Waals surface area contributed by atoms with Crippen molar-refractivity contribution in [1.82, 2.24) is 19.4 Å². The average Bonchev–Trinajstić information content (AvgIpc) is 3.36. The van der Waals surface area contributed by atoms with Gasteiger partial charge in [0, 0.05) is 38.2 Å². The van der Waals surface area contributed by atoms with Gasteiger partial charge in [0.1, 0.15) is 17.1 Å². The molecule has 6 nitrogen and oxygen atoms in total. The van der Waals surface area contributed by atoms with Gasteiger partial charge in [0.15, 0.2) is 5.65 Å². The van der Waals surface area contributed by atoms with Crippen molar-refractivity contribution in [3.8, 4) is 5.75 Å². The van der Waals surface area contributed by atoms with Crippen molar-refractivity contribution >= 4 is 17.1 Å². The summed E-state index contributed by atoms with van der Waals surface area (Å²) >= 11 is 0. The van der Waals surface area contributed by atoms with E-state index < -0.39 is 0 Å². The molecule has 1 atom stereocenters. The van der Waals surface area contributed by atoms with Gasteiger partial charge >= 0.3 is 0 Å². The van der Waals surface area contributed by atoms with E-state index in [4.69, 9.17) is 9.72 Å². The maximum Gasteiger partial charge on any atom is 0.222 e. The van der Waals surface area contributed by atoms with E-state index >= 15 is 0 Å². The smallest absolute Gasteiger partial charge is 0.222 e. The van der Waals surface area contributed by atoms with Crippen LogP contribution in [0.5, 0.6) is 5.75 Å². The summed E-state index contributed by atoms with van der Waals surface area (Å²) < 4.78 is 7.45. The molecule has 1 aliphatic rings. The van der Waals surface area contributed by atoms with Crippen molar-refractivity contribution in [2.45, 2.75) is 38.6 Å². The minimum atomic E-state index is 0.211. The van der Waals surface area contributed by atoms with Crippen LogP contribution < -0.4 is 4.74 Å². The highest BCUT2D eigenvalue weighted by molar-refractivity contribution is 5.77. The average molecular weight is 378 g/mol. The number of carbonyl (C=O) groups excluding carboxylic acids is 1. The second-order valence-electron chi connectivity index (χ2n) is 7.24. The van der Waals surface area contributed by atoms with Crippen LogP contribution in [0, 0.1) is 0 Å². The quantitative estimate of drug-likeness (QED) is 0.660. The molecule has 1 aliphatic heterocycles. The Balaban J connectivity index is 1.42. The molecular weight excluding hydrogens is 352 g/mol. The lowest BCUT2D eigenvalue weighted by Crippen LogP contribution is -2.29. The van der Waals surface area contributed by atoms with Crippen molar-refractivity contribution in [2.24, 2.45) is 0 Å². The van der Waals surface area contributed by atoms with Crippen molar-refractivity contribution in [2.75, 3.05) is 20.2 Å². The number of pyridine rings is 1. The molecule has 0 aliphatic carbocycles. The number of rotatable bonds is 6. The number of aryl methyl sites for hydroxylation is 2. The summed E-state index contributed by atoms with van der Waals surface area (Å²) in [4.78, 5) is 24.0. The maximum atomic E-state index is 12.7. The lowest BCUT2D eigenvalue weighted by Gasteiger charge is -2.17. The molecule has 0 spiro atoms. The molecule has 0 N–H and O–H groups in total. The zero-order valence-corrected chi connectivity index (χ0v) is 16.5. The van der Waals surface area contributed by atoms with E-state index in [9.17, 15) is 4.79 Å². The largest absolute Gasteiger partial charge is 0.497 e. The fraction of sp³-hybridized carbons (Fsp3) is 0.409. The molecule has 3 heterocycles. The Morgan fingerprint density at radius 1 is 1.29 bits per heavy atom.